The first kappa shape index (κ1) is 17.0. The number of amides is 1. The monoisotopic (exact) mass is 378 g/mol. The first-order valence-electron chi connectivity index (χ1n) is 7.22. The Bertz CT molecular complexity index is 832. The number of thiophene rings is 1. The van der Waals surface area contributed by atoms with Crippen LogP contribution in [0.1, 0.15) is 10.4 Å². The van der Waals surface area contributed by atoms with Crippen LogP contribution in [0, 0.1) is 6.92 Å². The summed E-state index contributed by atoms with van der Waals surface area (Å²) in [5.74, 6) is 0.244. The van der Waals surface area contributed by atoms with Gasteiger partial charge >= 0.3 is 0 Å². The van der Waals surface area contributed by atoms with Crippen LogP contribution >= 0.6 is 34.7 Å². The number of nitrogens with one attached hydrogen (secondary N) is 1. The summed E-state index contributed by atoms with van der Waals surface area (Å²) in [7, 11) is 0. The van der Waals surface area contributed by atoms with Gasteiger partial charge in [-0.15, -0.1) is 21.5 Å². The number of hydrogen-bond donors (Lipinski definition) is 1. The SMILES string of the molecule is Cc1ccc(-n2cnnc2SCC(=O)NCc2cccs2)cc1Cl. The van der Waals surface area contributed by atoms with Crippen molar-refractivity contribution in [3.05, 3.63) is 57.5 Å². The molecule has 0 aliphatic rings. The first-order chi connectivity index (χ1) is 11.6. The van der Waals surface area contributed by atoms with Crippen LogP contribution in [0.5, 0.6) is 0 Å². The second-order valence-electron chi connectivity index (χ2n) is 5.06. The highest BCUT2D eigenvalue weighted by Crippen LogP contribution is 2.23. The molecule has 24 heavy (non-hydrogen) atoms. The van der Waals surface area contributed by atoms with E-state index in [4.69, 9.17) is 11.6 Å². The van der Waals surface area contributed by atoms with Crippen LogP contribution in [0.3, 0.4) is 0 Å². The standard InChI is InChI=1S/C16H15ClN4OS2/c1-11-4-5-12(7-14(11)17)21-10-19-20-16(21)24-9-15(22)18-8-13-3-2-6-23-13/h2-7,10H,8-9H2,1H3,(H,18,22). The number of thioether (sulfide) groups is 1. The highest BCUT2D eigenvalue weighted by atomic mass is 35.5. The van der Waals surface area contributed by atoms with Gasteiger partial charge < -0.3 is 5.32 Å². The lowest BCUT2D eigenvalue weighted by atomic mass is 10.2. The van der Waals surface area contributed by atoms with Crippen molar-refractivity contribution in [3.63, 3.8) is 0 Å². The Morgan fingerprint density at radius 1 is 1.42 bits per heavy atom. The summed E-state index contributed by atoms with van der Waals surface area (Å²) in [6.07, 6.45) is 1.62. The maximum Gasteiger partial charge on any atom is 0.230 e. The molecule has 8 heteroatoms. The summed E-state index contributed by atoms with van der Waals surface area (Å²) in [4.78, 5) is 13.1. The van der Waals surface area contributed by atoms with Crippen LogP contribution in [-0.2, 0) is 11.3 Å². The molecule has 1 N–H and O–H groups in total. The van der Waals surface area contributed by atoms with Crippen molar-refractivity contribution >= 4 is 40.6 Å². The summed E-state index contributed by atoms with van der Waals surface area (Å²) >= 11 is 9.14. The van der Waals surface area contributed by atoms with E-state index in [0.717, 1.165) is 16.1 Å². The van der Waals surface area contributed by atoms with Gasteiger partial charge in [0.05, 0.1) is 18.0 Å². The second-order valence-corrected chi connectivity index (χ2v) is 7.44. The van der Waals surface area contributed by atoms with Gasteiger partial charge in [-0.1, -0.05) is 35.5 Å². The Kier molecular flexibility index (Phi) is 5.55. The maximum atomic E-state index is 12.0. The fourth-order valence-corrected chi connectivity index (χ4v) is 3.59. The lowest BCUT2D eigenvalue weighted by molar-refractivity contribution is -0.118. The van der Waals surface area contributed by atoms with E-state index in [-0.39, 0.29) is 11.7 Å². The Hall–Kier alpha value is -1.83. The number of hydrogen-bond acceptors (Lipinski definition) is 5. The van der Waals surface area contributed by atoms with Crippen molar-refractivity contribution in [2.45, 2.75) is 18.6 Å². The smallest absolute Gasteiger partial charge is 0.230 e. The van der Waals surface area contributed by atoms with Gasteiger partial charge in [0.2, 0.25) is 5.91 Å². The maximum absolute atomic E-state index is 12.0. The molecular formula is C16H15ClN4OS2. The molecule has 0 radical (unpaired) electrons. The van der Waals surface area contributed by atoms with Crippen LogP contribution in [0.15, 0.2) is 47.2 Å². The number of halogens is 1. The van der Waals surface area contributed by atoms with E-state index in [1.165, 1.54) is 11.8 Å². The molecule has 3 rings (SSSR count). The van der Waals surface area contributed by atoms with Crippen LogP contribution < -0.4 is 5.32 Å². The molecule has 0 spiro atoms. The number of carbonyl (C=O) groups excluding carboxylic acids is 1. The third-order valence-corrected chi connectivity index (χ3v) is 5.55. The first-order valence-corrected chi connectivity index (χ1v) is 9.46. The highest BCUT2D eigenvalue weighted by Gasteiger charge is 2.11. The molecule has 0 saturated carbocycles. The molecule has 3 aromatic rings. The molecule has 124 valence electrons. The van der Waals surface area contributed by atoms with E-state index >= 15 is 0 Å². The van der Waals surface area contributed by atoms with Gasteiger partial charge in [-0.2, -0.15) is 0 Å². The molecule has 0 bridgehead atoms. The van der Waals surface area contributed by atoms with Gasteiger partial charge in [-0.3, -0.25) is 9.36 Å². The minimum absolute atomic E-state index is 0.0371. The normalized spacial score (nSPS) is 10.8. The molecular weight excluding hydrogens is 364 g/mol. The molecule has 2 aromatic heterocycles. The molecule has 0 atom stereocenters. The molecule has 0 unspecified atom stereocenters. The predicted molar refractivity (Wildman–Crippen MR) is 98.0 cm³/mol. The minimum atomic E-state index is -0.0371. The van der Waals surface area contributed by atoms with Gasteiger partial charge in [-0.25, -0.2) is 0 Å². The molecule has 1 amide bonds. The lowest BCUT2D eigenvalue weighted by Crippen LogP contribution is -2.24. The fraction of sp³-hybridized carbons (Fsp3) is 0.188. The average Bonchev–Trinajstić information content (AvgIpc) is 3.25. The van der Waals surface area contributed by atoms with Crippen molar-refractivity contribution in [3.8, 4) is 5.69 Å². The summed E-state index contributed by atoms with van der Waals surface area (Å²) in [5, 5.41) is 14.2. The zero-order valence-electron chi connectivity index (χ0n) is 12.9. The second kappa shape index (κ2) is 7.83. The van der Waals surface area contributed by atoms with Gasteiger partial charge in [0.1, 0.15) is 6.33 Å². The van der Waals surface area contributed by atoms with Crippen molar-refractivity contribution in [2.75, 3.05) is 5.75 Å². The lowest BCUT2D eigenvalue weighted by Gasteiger charge is -2.08. The predicted octanol–water partition coefficient (Wildman–Crippen LogP) is 3.70. The Balaban J connectivity index is 1.61. The number of benzene rings is 1. The summed E-state index contributed by atoms with van der Waals surface area (Å²) in [5.41, 5.74) is 1.88. The summed E-state index contributed by atoms with van der Waals surface area (Å²) in [6, 6.07) is 9.72. The van der Waals surface area contributed by atoms with Crippen molar-refractivity contribution in [1.29, 1.82) is 0 Å². The van der Waals surface area contributed by atoms with E-state index in [1.54, 1.807) is 17.7 Å². The fourth-order valence-electron chi connectivity index (χ4n) is 2.01. The van der Waals surface area contributed by atoms with E-state index in [2.05, 4.69) is 15.5 Å². The third-order valence-electron chi connectivity index (χ3n) is 3.32. The number of rotatable bonds is 6. The van der Waals surface area contributed by atoms with Gasteiger partial charge in [0, 0.05) is 9.90 Å². The molecule has 0 saturated heterocycles. The molecule has 2 heterocycles. The van der Waals surface area contributed by atoms with Crippen molar-refractivity contribution in [1.82, 2.24) is 20.1 Å². The van der Waals surface area contributed by atoms with Crippen LogP contribution in [0.25, 0.3) is 5.69 Å². The third kappa shape index (κ3) is 4.17. The molecule has 1 aromatic carbocycles. The Morgan fingerprint density at radius 3 is 3.04 bits per heavy atom. The zero-order chi connectivity index (χ0) is 16.9. The molecule has 0 aliphatic carbocycles. The van der Waals surface area contributed by atoms with Crippen LogP contribution in [-0.4, -0.2) is 26.4 Å². The summed E-state index contributed by atoms with van der Waals surface area (Å²) < 4.78 is 1.82. The molecule has 0 aliphatic heterocycles. The number of nitrogens with zero attached hydrogens (tertiary/aromatic N) is 3. The van der Waals surface area contributed by atoms with E-state index in [0.29, 0.717) is 16.7 Å². The Labute approximate surface area is 153 Å². The van der Waals surface area contributed by atoms with Crippen molar-refractivity contribution in [2.24, 2.45) is 0 Å². The number of aryl methyl sites for hydroxylation is 1. The van der Waals surface area contributed by atoms with Crippen molar-refractivity contribution < 1.29 is 4.79 Å². The average molecular weight is 379 g/mol. The van der Waals surface area contributed by atoms with E-state index in [1.807, 2.05) is 47.2 Å². The molecule has 0 fully saturated rings. The Morgan fingerprint density at radius 2 is 2.29 bits per heavy atom. The van der Waals surface area contributed by atoms with Crippen LogP contribution in [0.4, 0.5) is 0 Å². The van der Waals surface area contributed by atoms with Gasteiger partial charge in [0.15, 0.2) is 5.16 Å². The van der Waals surface area contributed by atoms with E-state index < -0.39 is 0 Å². The number of carbonyl (C=O) groups is 1. The molecule has 5 nitrogen and oxygen atoms in total. The number of aromatic nitrogens is 3. The quantitative estimate of drug-likeness (QED) is 0.664. The zero-order valence-corrected chi connectivity index (χ0v) is 15.3. The summed E-state index contributed by atoms with van der Waals surface area (Å²) in [6.45, 7) is 2.50. The highest BCUT2D eigenvalue weighted by molar-refractivity contribution is 7.99. The topological polar surface area (TPSA) is 59.8 Å². The van der Waals surface area contributed by atoms with Gasteiger partial charge in [-0.05, 0) is 36.1 Å². The minimum Gasteiger partial charge on any atom is -0.350 e. The van der Waals surface area contributed by atoms with Gasteiger partial charge in [0.25, 0.3) is 0 Å². The largest absolute Gasteiger partial charge is 0.350 e. The van der Waals surface area contributed by atoms with E-state index in [9.17, 15) is 4.79 Å². The van der Waals surface area contributed by atoms with Crippen LogP contribution in [0.2, 0.25) is 5.02 Å².